The van der Waals surface area contributed by atoms with Crippen LogP contribution in [0.5, 0.6) is 0 Å². The maximum atomic E-state index is 9.86. The van der Waals surface area contributed by atoms with Crippen molar-refractivity contribution in [3.8, 4) is 0 Å². The predicted octanol–water partition coefficient (Wildman–Crippen LogP) is 0.496. The molecule has 2 radical (unpaired) electrons. The number of carbonyl (C=O) groups excluding carboxylic acids is 1. The molecule has 7 nitrogen and oxygen atoms in total. The third-order valence-electron chi connectivity index (χ3n) is 0.341. The molecule has 0 aromatic rings. The molecule has 0 aromatic heterocycles. The van der Waals surface area contributed by atoms with Gasteiger partial charge in [0.25, 0.3) is 0 Å². The number of rotatable bonds is 0. The molecule has 0 spiro atoms. The van der Waals surface area contributed by atoms with Gasteiger partial charge in [-0.2, -0.15) is 0 Å². The standard InChI is InChI=1S/C3H2O7.2La/c4-1(5)9-3(8)10-2(6)7;;/h(H,4,5)(H,6,7);;. The van der Waals surface area contributed by atoms with Crippen LogP contribution in [0.2, 0.25) is 0 Å². The maximum absolute atomic E-state index is 9.86. The summed E-state index contributed by atoms with van der Waals surface area (Å²) in [6.45, 7) is 0. The number of hydrogen-bond donors (Lipinski definition) is 2. The minimum absolute atomic E-state index is 0. The minimum atomic E-state index is -1.92. The van der Waals surface area contributed by atoms with Gasteiger partial charge in [0.15, 0.2) is 0 Å². The van der Waals surface area contributed by atoms with E-state index in [-0.39, 0.29) is 71.2 Å². The molecule has 0 bridgehead atoms. The smallest absolute Gasteiger partial charge is 0.449 e. The average Bonchev–Trinajstić information content (AvgIpc) is 1.58. The monoisotopic (exact) mass is 428 g/mol. The molecule has 12 heavy (non-hydrogen) atoms. The van der Waals surface area contributed by atoms with Crippen molar-refractivity contribution in [2.45, 2.75) is 0 Å². The molecule has 0 aliphatic heterocycles. The predicted molar refractivity (Wildman–Crippen MR) is 23.6 cm³/mol. The minimum Gasteiger partial charge on any atom is -0.449 e. The Hall–Kier alpha value is 0.600. The molecule has 0 saturated carbocycles. The van der Waals surface area contributed by atoms with Gasteiger partial charge >= 0.3 is 18.5 Å². The summed E-state index contributed by atoms with van der Waals surface area (Å²) in [7, 11) is 0. The van der Waals surface area contributed by atoms with E-state index in [0.717, 1.165) is 0 Å². The molecule has 0 fully saturated rings. The summed E-state index contributed by atoms with van der Waals surface area (Å²) >= 11 is 0. The van der Waals surface area contributed by atoms with E-state index < -0.39 is 18.5 Å². The summed E-state index contributed by atoms with van der Waals surface area (Å²) in [6, 6.07) is 0. The van der Waals surface area contributed by atoms with Crippen molar-refractivity contribution in [3.63, 3.8) is 0 Å². The Balaban J connectivity index is -0.000000405. The largest absolute Gasteiger partial charge is 0.528 e. The van der Waals surface area contributed by atoms with Gasteiger partial charge in [0.1, 0.15) is 0 Å². The van der Waals surface area contributed by atoms with Crippen LogP contribution in [0.3, 0.4) is 0 Å². The summed E-state index contributed by atoms with van der Waals surface area (Å²) in [5.74, 6) is 0. The van der Waals surface area contributed by atoms with E-state index in [2.05, 4.69) is 9.47 Å². The first-order valence-corrected chi connectivity index (χ1v) is 1.88. The van der Waals surface area contributed by atoms with Crippen molar-refractivity contribution < 1.29 is 105 Å². The molecular formula is C3H2La2O7. The second-order valence-corrected chi connectivity index (χ2v) is 0.986. The van der Waals surface area contributed by atoms with Crippen molar-refractivity contribution in [1.29, 1.82) is 0 Å². The van der Waals surface area contributed by atoms with Crippen molar-refractivity contribution in [1.82, 2.24) is 0 Å². The van der Waals surface area contributed by atoms with E-state index >= 15 is 0 Å². The zero-order valence-electron chi connectivity index (χ0n) is 5.59. The van der Waals surface area contributed by atoms with Crippen molar-refractivity contribution in [2.24, 2.45) is 0 Å². The van der Waals surface area contributed by atoms with E-state index in [0.29, 0.717) is 0 Å². The quantitative estimate of drug-likeness (QED) is 0.427. The molecule has 9 heteroatoms. The second-order valence-electron chi connectivity index (χ2n) is 0.986. The Morgan fingerprint density at radius 1 is 0.833 bits per heavy atom. The summed E-state index contributed by atoms with van der Waals surface area (Å²) in [5.41, 5.74) is 0. The molecule has 0 heterocycles. The van der Waals surface area contributed by atoms with E-state index in [9.17, 15) is 14.4 Å². The van der Waals surface area contributed by atoms with Gasteiger partial charge < -0.3 is 19.7 Å². The number of ether oxygens (including phenoxy) is 2. The molecule has 0 aliphatic carbocycles. The zero-order chi connectivity index (χ0) is 8.15. The maximum Gasteiger partial charge on any atom is 0.528 e. The summed E-state index contributed by atoms with van der Waals surface area (Å²) in [5, 5.41) is 15.4. The van der Waals surface area contributed by atoms with Gasteiger partial charge in [0.05, 0.1) is 0 Å². The molecule has 0 unspecified atom stereocenters. The number of hydrogen-bond acceptors (Lipinski definition) is 5. The summed E-state index contributed by atoms with van der Waals surface area (Å²) < 4.78 is 6.47. The fourth-order valence-corrected chi connectivity index (χ4v) is 0.163. The van der Waals surface area contributed by atoms with Crippen LogP contribution in [0.15, 0.2) is 0 Å². The SMILES string of the molecule is O=C(O)OC(=O)OC(=O)O.[La].[La]. The van der Waals surface area contributed by atoms with E-state index in [1.54, 1.807) is 0 Å². The van der Waals surface area contributed by atoms with Crippen LogP contribution < -0.4 is 0 Å². The number of carboxylic acid groups (broad SMARTS) is 2. The summed E-state index contributed by atoms with van der Waals surface area (Å²) in [4.78, 5) is 28.8. The van der Waals surface area contributed by atoms with Gasteiger partial charge in [-0.05, 0) is 0 Å². The fourth-order valence-electron chi connectivity index (χ4n) is 0.163. The van der Waals surface area contributed by atoms with Gasteiger partial charge in [-0.1, -0.05) is 0 Å². The third-order valence-corrected chi connectivity index (χ3v) is 0.341. The average molecular weight is 428 g/mol. The van der Waals surface area contributed by atoms with E-state index in [1.165, 1.54) is 0 Å². The van der Waals surface area contributed by atoms with Gasteiger partial charge in [0.2, 0.25) is 0 Å². The molecule has 2 N–H and O–H groups in total. The van der Waals surface area contributed by atoms with E-state index in [4.69, 9.17) is 10.2 Å². The Labute approximate surface area is 122 Å². The van der Waals surface area contributed by atoms with Crippen molar-refractivity contribution >= 4 is 18.5 Å². The first-order chi connectivity index (χ1) is 4.52. The third kappa shape index (κ3) is 13.2. The first kappa shape index (κ1) is 18.4. The Morgan fingerprint density at radius 3 is 1.25 bits per heavy atom. The Kier molecular flexibility index (Phi) is 14.8. The zero-order valence-corrected chi connectivity index (χ0v) is 12.8. The molecule has 0 atom stereocenters. The fraction of sp³-hybridized carbons (Fsp3) is 0. The van der Waals surface area contributed by atoms with Crippen LogP contribution in [-0.4, -0.2) is 28.7 Å². The normalized spacial score (nSPS) is 6.67. The molecular weight excluding hydrogens is 426 g/mol. The molecule has 62 valence electrons. The van der Waals surface area contributed by atoms with Crippen LogP contribution in [0.25, 0.3) is 0 Å². The summed E-state index contributed by atoms with van der Waals surface area (Å²) in [6.07, 6.45) is -5.64. The topological polar surface area (TPSA) is 110 Å². The van der Waals surface area contributed by atoms with Gasteiger partial charge in [-0.3, -0.25) is 0 Å². The van der Waals surface area contributed by atoms with Gasteiger partial charge in [0, 0.05) is 71.2 Å². The van der Waals surface area contributed by atoms with E-state index in [1.807, 2.05) is 0 Å². The van der Waals surface area contributed by atoms with Crippen LogP contribution in [0, 0.1) is 71.2 Å². The van der Waals surface area contributed by atoms with Crippen LogP contribution >= 0.6 is 0 Å². The van der Waals surface area contributed by atoms with Crippen LogP contribution in [0.1, 0.15) is 0 Å². The van der Waals surface area contributed by atoms with Crippen molar-refractivity contribution in [2.75, 3.05) is 0 Å². The number of carbonyl (C=O) groups is 3. The van der Waals surface area contributed by atoms with Gasteiger partial charge in [-0.15, -0.1) is 0 Å². The van der Waals surface area contributed by atoms with Crippen LogP contribution in [-0.2, 0) is 9.47 Å². The van der Waals surface area contributed by atoms with Crippen molar-refractivity contribution in [3.05, 3.63) is 0 Å². The molecule has 0 rings (SSSR count). The molecule has 0 amide bonds. The molecule has 0 saturated heterocycles. The Bertz CT molecular complexity index is 159. The molecule has 0 aliphatic rings. The molecule has 0 aromatic carbocycles. The first-order valence-electron chi connectivity index (χ1n) is 1.88. The van der Waals surface area contributed by atoms with Gasteiger partial charge in [-0.25, -0.2) is 14.4 Å². The van der Waals surface area contributed by atoms with Crippen LogP contribution in [0.4, 0.5) is 14.4 Å². The Morgan fingerprint density at radius 2 is 1.08 bits per heavy atom. The second kappa shape index (κ2) is 9.69.